The lowest BCUT2D eigenvalue weighted by molar-refractivity contribution is -0.130. The zero-order chi connectivity index (χ0) is 18.8. The number of carbonyl (C=O) groups is 2. The van der Waals surface area contributed by atoms with Crippen molar-refractivity contribution in [2.75, 3.05) is 11.9 Å². The van der Waals surface area contributed by atoms with Crippen molar-refractivity contribution in [1.82, 2.24) is 5.32 Å². The van der Waals surface area contributed by atoms with Crippen molar-refractivity contribution in [3.05, 3.63) is 53.9 Å². The van der Waals surface area contributed by atoms with Gasteiger partial charge in [-0.2, -0.15) is 0 Å². The molecule has 1 fully saturated rings. The topological polar surface area (TPSA) is 58.2 Å². The van der Waals surface area contributed by atoms with Crippen molar-refractivity contribution in [2.45, 2.75) is 26.4 Å². The van der Waals surface area contributed by atoms with Crippen molar-refractivity contribution in [1.29, 1.82) is 0 Å². The van der Waals surface area contributed by atoms with Crippen molar-refractivity contribution in [3.63, 3.8) is 0 Å². The maximum absolute atomic E-state index is 14.0. The molecule has 2 amide bonds. The molecule has 25 heavy (non-hydrogen) atoms. The highest BCUT2D eigenvalue weighted by Gasteiger charge is 2.41. The summed E-state index contributed by atoms with van der Waals surface area (Å²) in [5.41, 5.74) is -0.585. The maximum atomic E-state index is 14.0. The van der Waals surface area contributed by atoms with Crippen LogP contribution >= 0.6 is 0 Å². The number of halogens is 2. The van der Waals surface area contributed by atoms with E-state index in [-0.39, 0.29) is 13.7 Å². The monoisotopic (exact) mass is 350 g/mol. The SMILES string of the molecule is C=C(/C=C(\C)C(C)(C)F)[C@H]1CNC(=O)[C@@H]1C(=O)Nc1ccccc1F.[HH]. The molecule has 1 heterocycles. The average Bonchev–Trinajstić information content (AvgIpc) is 2.90. The van der Waals surface area contributed by atoms with Gasteiger partial charge in [-0.15, -0.1) is 0 Å². The van der Waals surface area contributed by atoms with Gasteiger partial charge in [0.15, 0.2) is 0 Å². The summed E-state index contributed by atoms with van der Waals surface area (Å²) in [5, 5.41) is 5.06. The van der Waals surface area contributed by atoms with E-state index in [0.717, 1.165) is 0 Å². The Morgan fingerprint density at radius 2 is 2.08 bits per heavy atom. The minimum Gasteiger partial charge on any atom is -0.355 e. The molecule has 2 N–H and O–H groups in total. The molecular formula is C19H24F2N2O2. The fourth-order valence-electron chi connectivity index (χ4n) is 2.60. The van der Waals surface area contributed by atoms with Gasteiger partial charge in [0.25, 0.3) is 0 Å². The lowest BCUT2D eigenvalue weighted by atomic mass is 9.86. The van der Waals surface area contributed by atoms with E-state index in [0.29, 0.717) is 11.1 Å². The molecule has 1 aliphatic heterocycles. The minimum atomic E-state index is -1.52. The van der Waals surface area contributed by atoms with Crippen LogP contribution < -0.4 is 10.6 Å². The van der Waals surface area contributed by atoms with Crippen LogP contribution in [-0.4, -0.2) is 24.0 Å². The number of rotatable bonds is 5. The van der Waals surface area contributed by atoms with E-state index in [9.17, 15) is 18.4 Å². The van der Waals surface area contributed by atoms with Gasteiger partial charge in [-0.05, 0) is 44.1 Å². The van der Waals surface area contributed by atoms with Gasteiger partial charge in [-0.3, -0.25) is 9.59 Å². The van der Waals surface area contributed by atoms with Gasteiger partial charge in [-0.1, -0.05) is 24.8 Å². The van der Waals surface area contributed by atoms with Gasteiger partial charge < -0.3 is 10.6 Å². The van der Waals surface area contributed by atoms with Gasteiger partial charge in [0.2, 0.25) is 11.8 Å². The fraction of sp³-hybridized carbons (Fsp3) is 0.368. The van der Waals surface area contributed by atoms with E-state index in [2.05, 4.69) is 17.2 Å². The number of hydrogen-bond donors (Lipinski definition) is 2. The zero-order valence-corrected chi connectivity index (χ0v) is 14.5. The minimum absolute atomic E-state index is 0. The van der Waals surface area contributed by atoms with Crippen molar-refractivity contribution in [2.24, 2.45) is 11.8 Å². The summed E-state index contributed by atoms with van der Waals surface area (Å²) in [6, 6.07) is 5.72. The molecule has 0 saturated carbocycles. The van der Waals surface area contributed by atoms with Gasteiger partial charge in [0.05, 0.1) is 5.69 Å². The van der Waals surface area contributed by atoms with E-state index in [1.165, 1.54) is 32.0 Å². The molecule has 2 rings (SSSR count). The molecule has 4 nitrogen and oxygen atoms in total. The Bertz CT molecular complexity index is 741. The Hall–Kier alpha value is -2.50. The van der Waals surface area contributed by atoms with Crippen molar-refractivity contribution in [3.8, 4) is 0 Å². The highest BCUT2D eigenvalue weighted by atomic mass is 19.1. The third kappa shape index (κ3) is 4.32. The Labute approximate surface area is 147 Å². The van der Waals surface area contributed by atoms with Crippen LogP contribution in [0.5, 0.6) is 0 Å². The summed E-state index contributed by atoms with van der Waals surface area (Å²) in [5.74, 6) is -3.21. The van der Waals surface area contributed by atoms with Crippen molar-refractivity contribution < 1.29 is 19.8 Å². The third-order valence-corrected chi connectivity index (χ3v) is 4.41. The number of amides is 2. The number of benzene rings is 1. The molecule has 0 aliphatic carbocycles. The number of anilines is 1. The Morgan fingerprint density at radius 3 is 2.68 bits per heavy atom. The average molecular weight is 350 g/mol. The Balaban J connectivity index is 0.00000338. The summed E-state index contributed by atoms with van der Waals surface area (Å²) >= 11 is 0. The number of hydrogen-bond acceptors (Lipinski definition) is 2. The number of carbonyl (C=O) groups excluding carboxylic acids is 2. The maximum Gasteiger partial charge on any atom is 0.237 e. The summed E-state index contributed by atoms with van der Waals surface area (Å²) in [6.07, 6.45) is 1.56. The number of nitrogens with one attached hydrogen (secondary N) is 2. The highest BCUT2D eigenvalue weighted by Crippen LogP contribution is 2.30. The molecule has 6 heteroatoms. The lowest BCUT2D eigenvalue weighted by Crippen LogP contribution is -2.33. The molecule has 1 aromatic carbocycles. The van der Waals surface area contributed by atoms with Gasteiger partial charge >= 0.3 is 0 Å². The Kier molecular flexibility index (Phi) is 5.40. The summed E-state index contributed by atoms with van der Waals surface area (Å²) in [7, 11) is 0. The van der Waals surface area contributed by atoms with Crippen LogP contribution in [0.25, 0.3) is 0 Å². The summed E-state index contributed by atoms with van der Waals surface area (Å²) < 4.78 is 27.7. The van der Waals surface area contributed by atoms with E-state index in [1.54, 1.807) is 19.1 Å². The third-order valence-electron chi connectivity index (χ3n) is 4.41. The van der Waals surface area contributed by atoms with Crippen LogP contribution in [0.15, 0.2) is 48.1 Å². The second kappa shape index (κ2) is 7.17. The standard InChI is InChI=1S/C19H22F2N2O2.H2/c1-11(9-12(2)19(3,4)21)13-10-22-17(24)16(13)18(25)23-15-8-6-5-7-14(15)20;/h5-9,13,16H,1,10H2,2-4H3,(H,22,24)(H,23,25);1H/b12-9+;/t13-,16-;/m1./s1. The van der Waals surface area contributed by atoms with Crippen LogP contribution in [0.4, 0.5) is 14.5 Å². The van der Waals surface area contributed by atoms with E-state index in [1.807, 2.05) is 0 Å². The lowest BCUT2D eigenvalue weighted by Gasteiger charge is -2.20. The normalized spacial score (nSPS) is 21.0. The first-order valence-corrected chi connectivity index (χ1v) is 8.01. The number of allylic oxidation sites excluding steroid dienone is 2. The number of alkyl halides is 1. The van der Waals surface area contributed by atoms with E-state index in [4.69, 9.17) is 0 Å². The predicted molar refractivity (Wildman–Crippen MR) is 95.2 cm³/mol. The Morgan fingerprint density at radius 1 is 1.44 bits per heavy atom. The molecule has 1 aliphatic rings. The molecule has 1 aromatic rings. The van der Waals surface area contributed by atoms with Gasteiger partial charge in [-0.25, -0.2) is 8.78 Å². The summed E-state index contributed by atoms with van der Waals surface area (Å²) in [6.45, 7) is 8.59. The smallest absolute Gasteiger partial charge is 0.237 e. The first-order chi connectivity index (χ1) is 11.6. The fourth-order valence-corrected chi connectivity index (χ4v) is 2.60. The van der Waals surface area contributed by atoms with Crippen LogP contribution in [0.1, 0.15) is 22.2 Å². The molecule has 136 valence electrons. The van der Waals surface area contributed by atoms with Gasteiger partial charge in [0, 0.05) is 13.9 Å². The molecule has 0 aromatic heterocycles. The van der Waals surface area contributed by atoms with Crippen LogP contribution in [-0.2, 0) is 9.59 Å². The largest absolute Gasteiger partial charge is 0.355 e. The molecule has 0 spiro atoms. The second-order valence-electron chi connectivity index (χ2n) is 6.67. The molecule has 1 saturated heterocycles. The molecule has 0 bridgehead atoms. The van der Waals surface area contributed by atoms with Crippen LogP contribution in [0.3, 0.4) is 0 Å². The zero-order valence-electron chi connectivity index (χ0n) is 14.5. The van der Waals surface area contributed by atoms with Crippen LogP contribution in [0.2, 0.25) is 0 Å². The highest BCUT2D eigenvalue weighted by molar-refractivity contribution is 6.08. The summed E-state index contributed by atoms with van der Waals surface area (Å²) in [4.78, 5) is 24.6. The van der Waals surface area contributed by atoms with Gasteiger partial charge in [0.1, 0.15) is 17.4 Å². The number of para-hydroxylation sites is 1. The van der Waals surface area contributed by atoms with E-state index < -0.39 is 35.1 Å². The molecule has 0 radical (unpaired) electrons. The second-order valence-corrected chi connectivity index (χ2v) is 6.67. The predicted octanol–water partition coefficient (Wildman–Crippen LogP) is 3.62. The molecule has 0 unspecified atom stereocenters. The first kappa shape index (κ1) is 18.8. The molecular weight excluding hydrogens is 326 g/mol. The molecule has 2 atom stereocenters. The first-order valence-electron chi connectivity index (χ1n) is 8.01. The van der Waals surface area contributed by atoms with E-state index >= 15 is 0 Å². The quantitative estimate of drug-likeness (QED) is 0.629. The van der Waals surface area contributed by atoms with Crippen molar-refractivity contribution >= 4 is 17.5 Å². The van der Waals surface area contributed by atoms with Crippen LogP contribution in [0, 0.1) is 17.7 Å².